The number of para-hydroxylation sites is 1. The zero-order valence-electron chi connectivity index (χ0n) is 14.3. The van der Waals surface area contributed by atoms with Crippen molar-refractivity contribution in [1.29, 1.82) is 0 Å². The second-order valence-electron chi connectivity index (χ2n) is 5.94. The molecular formula is C20H22N4. The summed E-state index contributed by atoms with van der Waals surface area (Å²) in [4.78, 5) is 11.2. The Morgan fingerprint density at radius 2 is 1.62 bits per heavy atom. The van der Waals surface area contributed by atoms with Gasteiger partial charge in [0, 0.05) is 25.3 Å². The molecule has 1 N–H and O–H groups in total. The van der Waals surface area contributed by atoms with E-state index in [1.54, 1.807) is 0 Å². The van der Waals surface area contributed by atoms with Crippen LogP contribution in [0.4, 0.5) is 17.3 Å². The van der Waals surface area contributed by atoms with Gasteiger partial charge in [-0.25, -0.2) is 9.97 Å². The second kappa shape index (κ2) is 7.13. The van der Waals surface area contributed by atoms with Gasteiger partial charge >= 0.3 is 0 Å². The lowest BCUT2D eigenvalue weighted by molar-refractivity contribution is 0.880. The highest BCUT2D eigenvalue weighted by Crippen LogP contribution is 2.22. The Labute approximate surface area is 143 Å². The van der Waals surface area contributed by atoms with Crippen molar-refractivity contribution in [3.8, 4) is 0 Å². The van der Waals surface area contributed by atoms with Crippen LogP contribution in [0.25, 0.3) is 0 Å². The summed E-state index contributed by atoms with van der Waals surface area (Å²) >= 11 is 0. The van der Waals surface area contributed by atoms with Crippen LogP contribution in [-0.2, 0) is 6.54 Å². The number of nitrogens with zero attached hydrogens (tertiary/aromatic N) is 3. The highest BCUT2D eigenvalue weighted by Gasteiger charge is 2.08. The molecule has 0 bridgehead atoms. The van der Waals surface area contributed by atoms with Gasteiger partial charge in [0.25, 0.3) is 0 Å². The quantitative estimate of drug-likeness (QED) is 0.753. The molecule has 1 aromatic heterocycles. The van der Waals surface area contributed by atoms with Crippen LogP contribution in [0.2, 0.25) is 0 Å². The number of anilines is 3. The first-order valence-corrected chi connectivity index (χ1v) is 8.05. The van der Waals surface area contributed by atoms with E-state index in [-0.39, 0.29) is 0 Å². The zero-order valence-corrected chi connectivity index (χ0v) is 14.3. The Morgan fingerprint density at radius 3 is 2.38 bits per heavy atom. The van der Waals surface area contributed by atoms with Crippen molar-refractivity contribution in [1.82, 2.24) is 9.97 Å². The summed E-state index contributed by atoms with van der Waals surface area (Å²) in [6.07, 6.45) is 0. The molecule has 0 radical (unpaired) electrons. The lowest BCUT2D eigenvalue weighted by Gasteiger charge is -2.20. The van der Waals surface area contributed by atoms with E-state index in [2.05, 4.69) is 63.5 Å². The first kappa shape index (κ1) is 16.0. The normalized spacial score (nSPS) is 10.5. The monoisotopic (exact) mass is 318 g/mol. The Kier molecular flexibility index (Phi) is 4.75. The molecule has 24 heavy (non-hydrogen) atoms. The summed E-state index contributed by atoms with van der Waals surface area (Å²) in [6, 6.07) is 20.6. The van der Waals surface area contributed by atoms with Crippen LogP contribution >= 0.6 is 0 Å². The van der Waals surface area contributed by atoms with Crippen molar-refractivity contribution in [3.05, 3.63) is 77.6 Å². The largest absolute Gasteiger partial charge is 0.355 e. The lowest BCUT2D eigenvalue weighted by atomic mass is 10.2. The molecule has 122 valence electrons. The van der Waals surface area contributed by atoms with Crippen LogP contribution in [0.5, 0.6) is 0 Å². The minimum atomic E-state index is 0.753. The summed E-state index contributed by atoms with van der Waals surface area (Å²) < 4.78 is 0. The van der Waals surface area contributed by atoms with E-state index in [1.807, 2.05) is 38.2 Å². The van der Waals surface area contributed by atoms with Crippen molar-refractivity contribution in [2.75, 3.05) is 17.3 Å². The Balaban J connectivity index is 1.82. The molecule has 2 aromatic carbocycles. The molecule has 4 nitrogen and oxygen atoms in total. The number of rotatable bonds is 5. The number of aryl methyl sites for hydroxylation is 2. The SMILES string of the molecule is Cc1nc(Nc2ccccc2C)cc(N(C)Cc2ccccc2)n1. The predicted octanol–water partition coefficient (Wildman–Crippen LogP) is 4.47. The zero-order chi connectivity index (χ0) is 16.9. The number of aromatic nitrogens is 2. The number of hydrogen-bond acceptors (Lipinski definition) is 4. The summed E-state index contributed by atoms with van der Waals surface area (Å²) in [5.41, 5.74) is 3.50. The van der Waals surface area contributed by atoms with Crippen LogP contribution < -0.4 is 10.2 Å². The molecular weight excluding hydrogens is 296 g/mol. The molecule has 0 aliphatic heterocycles. The van der Waals surface area contributed by atoms with E-state index in [0.717, 1.165) is 29.7 Å². The maximum atomic E-state index is 4.57. The fraction of sp³-hybridized carbons (Fsp3) is 0.200. The van der Waals surface area contributed by atoms with Crippen LogP contribution in [0.3, 0.4) is 0 Å². The van der Waals surface area contributed by atoms with Gasteiger partial charge in [0.05, 0.1) is 0 Å². The van der Waals surface area contributed by atoms with Gasteiger partial charge in [0.1, 0.15) is 17.5 Å². The predicted molar refractivity (Wildman–Crippen MR) is 99.8 cm³/mol. The molecule has 3 aromatic rings. The van der Waals surface area contributed by atoms with Crippen molar-refractivity contribution >= 4 is 17.3 Å². The number of nitrogens with one attached hydrogen (secondary N) is 1. The average Bonchev–Trinajstić information content (AvgIpc) is 2.57. The Morgan fingerprint density at radius 1 is 0.917 bits per heavy atom. The van der Waals surface area contributed by atoms with E-state index in [0.29, 0.717) is 0 Å². The van der Waals surface area contributed by atoms with Gasteiger partial charge in [-0.3, -0.25) is 0 Å². The minimum Gasteiger partial charge on any atom is -0.355 e. The summed E-state index contributed by atoms with van der Waals surface area (Å²) in [5.74, 6) is 2.47. The van der Waals surface area contributed by atoms with Gasteiger partial charge in [0.15, 0.2) is 0 Å². The standard InChI is InChI=1S/C20H22N4/c1-15-9-7-8-12-18(15)23-19-13-20(22-16(2)21-19)24(3)14-17-10-5-4-6-11-17/h4-13H,14H2,1-3H3,(H,21,22,23). The molecule has 0 spiro atoms. The molecule has 4 heteroatoms. The van der Waals surface area contributed by atoms with Crippen molar-refractivity contribution in [2.24, 2.45) is 0 Å². The van der Waals surface area contributed by atoms with E-state index in [9.17, 15) is 0 Å². The van der Waals surface area contributed by atoms with Crippen molar-refractivity contribution in [3.63, 3.8) is 0 Å². The molecule has 1 heterocycles. The molecule has 0 aliphatic carbocycles. The highest BCUT2D eigenvalue weighted by molar-refractivity contribution is 5.62. The Bertz CT molecular complexity index is 815. The lowest BCUT2D eigenvalue weighted by Crippen LogP contribution is -2.18. The number of hydrogen-bond donors (Lipinski definition) is 1. The van der Waals surface area contributed by atoms with E-state index in [1.165, 1.54) is 11.1 Å². The van der Waals surface area contributed by atoms with Gasteiger partial charge in [-0.15, -0.1) is 0 Å². The van der Waals surface area contributed by atoms with E-state index >= 15 is 0 Å². The fourth-order valence-electron chi connectivity index (χ4n) is 2.60. The molecule has 0 unspecified atom stereocenters. The van der Waals surface area contributed by atoms with Gasteiger partial charge in [-0.1, -0.05) is 48.5 Å². The summed E-state index contributed by atoms with van der Waals surface area (Å²) in [5, 5.41) is 3.39. The molecule has 3 rings (SSSR count). The third kappa shape index (κ3) is 3.90. The third-order valence-electron chi connectivity index (χ3n) is 3.89. The molecule has 0 amide bonds. The topological polar surface area (TPSA) is 41.1 Å². The van der Waals surface area contributed by atoms with Gasteiger partial charge in [0.2, 0.25) is 0 Å². The van der Waals surface area contributed by atoms with Crippen molar-refractivity contribution < 1.29 is 0 Å². The van der Waals surface area contributed by atoms with E-state index in [4.69, 9.17) is 0 Å². The first-order valence-electron chi connectivity index (χ1n) is 8.05. The maximum absolute atomic E-state index is 4.57. The van der Waals surface area contributed by atoms with Crippen LogP contribution in [0, 0.1) is 13.8 Å². The summed E-state index contributed by atoms with van der Waals surface area (Å²) in [6.45, 7) is 4.81. The van der Waals surface area contributed by atoms with Gasteiger partial charge in [-0.2, -0.15) is 0 Å². The summed E-state index contributed by atoms with van der Waals surface area (Å²) in [7, 11) is 2.05. The van der Waals surface area contributed by atoms with Crippen LogP contribution in [0.1, 0.15) is 17.0 Å². The molecule has 0 atom stereocenters. The van der Waals surface area contributed by atoms with Crippen LogP contribution in [-0.4, -0.2) is 17.0 Å². The average molecular weight is 318 g/mol. The molecule has 0 saturated heterocycles. The molecule has 0 aliphatic rings. The first-order chi connectivity index (χ1) is 11.6. The second-order valence-corrected chi connectivity index (χ2v) is 5.94. The maximum Gasteiger partial charge on any atom is 0.136 e. The van der Waals surface area contributed by atoms with Crippen LogP contribution in [0.15, 0.2) is 60.7 Å². The molecule has 0 saturated carbocycles. The number of benzene rings is 2. The highest BCUT2D eigenvalue weighted by atomic mass is 15.2. The van der Waals surface area contributed by atoms with E-state index < -0.39 is 0 Å². The minimum absolute atomic E-state index is 0.753. The fourth-order valence-corrected chi connectivity index (χ4v) is 2.60. The van der Waals surface area contributed by atoms with Gasteiger partial charge in [-0.05, 0) is 31.0 Å². The van der Waals surface area contributed by atoms with Gasteiger partial charge < -0.3 is 10.2 Å². The molecule has 0 fully saturated rings. The van der Waals surface area contributed by atoms with Crippen molar-refractivity contribution in [2.45, 2.75) is 20.4 Å². The third-order valence-corrected chi connectivity index (χ3v) is 3.89. The Hall–Kier alpha value is -2.88. The smallest absolute Gasteiger partial charge is 0.136 e.